The van der Waals surface area contributed by atoms with Crippen LogP contribution in [0.3, 0.4) is 0 Å². The molecule has 2 aliphatic rings. The lowest BCUT2D eigenvalue weighted by Crippen LogP contribution is -2.43. The van der Waals surface area contributed by atoms with Gasteiger partial charge in [0.25, 0.3) is 5.91 Å². The molecule has 0 aromatic heterocycles. The third-order valence-electron chi connectivity index (χ3n) is 6.44. The molecule has 2 fully saturated rings. The predicted octanol–water partition coefficient (Wildman–Crippen LogP) is 2.72. The Morgan fingerprint density at radius 2 is 1.82 bits per heavy atom. The highest BCUT2D eigenvalue weighted by molar-refractivity contribution is 7.89. The Hall–Kier alpha value is -2.46. The van der Waals surface area contributed by atoms with E-state index in [0.717, 1.165) is 44.3 Å². The summed E-state index contributed by atoms with van der Waals surface area (Å²) in [5.74, 6) is -0.114. The first-order chi connectivity index (χ1) is 16.5. The number of methoxy groups -OCH3 is 1. The number of hydrogen-bond acceptors (Lipinski definition) is 6. The minimum absolute atomic E-state index is 0.0148. The molecule has 1 aliphatic carbocycles. The van der Waals surface area contributed by atoms with Crippen molar-refractivity contribution in [2.24, 2.45) is 0 Å². The number of nitrogens with one attached hydrogen (secondary N) is 2. The first-order valence-electron chi connectivity index (χ1n) is 11.8. The van der Waals surface area contributed by atoms with Gasteiger partial charge in [-0.2, -0.15) is 0 Å². The second kappa shape index (κ2) is 11.3. The second-order valence-electron chi connectivity index (χ2n) is 8.82. The van der Waals surface area contributed by atoms with E-state index in [1.54, 1.807) is 6.07 Å². The van der Waals surface area contributed by atoms with Crippen LogP contribution in [0, 0.1) is 0 Å². The highest BCUT2D eigenvalue weighted by atomic mass is 32.2. The van der Waals surface area contributed by atoms with Crippen molar-refractivity contribution in [1.82, 2.24) is 14.9 Å². The van der Waals surface area contributed by atoms with Crippen molar-refractivity contribution in [1.29, 1.82) is 0 Å². The maximum Gasteiger partial charge on any atom is 0.251 e. The molecule has 8 nitrogen and oxygen atoms in total. The first kappa shape index (κ1) is 24.7. The highest BCUT2D eigenvalue weighted by Crippen LogP contribution is 2.28. The fourth-order valence-electron chi connectivity index (χ4n) is 4.56. The number of benzene rings is 2. The Bertz CT molecular complexity index is 1070. The molecule has 1 heterocycles. The Labute approximate surface area is 201 Å². The largest absolute Gasteiger partial charge is 0.495 e. The van der Waals surface area contributed by atoms with Gasteiger partial charge in [0, 0.05) is 31.2 Å². The highest BCUT2D eigenvalue weighted by Gasteiger charge is 2.27. The van der Waals surface area contributed by atoms with Crippen molar-refractivity contribution in [3.8, 4) is 5.75 Å². The molecular weight excluding hydrogens is 454 g/mol. The monoisotopic (exact) mass is 487 g/mol. The van der Waals surface area contributed by atoms with Gasteiger partial charge in [-0.3, -0.25) is 9.69 Å². The van der Waals surface area contributed by atoms with Crippen LogP contribution < -0.4 is 14.8 Å². The van der Waals surface area contributed by atoms with E-state index in [1.165, 1.54) is 19.2 Å². The molecule has 2 aromatic carbocycles. The summed E-state index contributed by atoms with van der Waals surface area (Å²) in [6, 6.07) is 14.0. The minimum Gasteiger partial charge on any atom is -0.495 e. The lowest BCUT2D eigenvalue weighted by molar-refractivity contribution is 0.0332. The van der Waals surface area contributed by atoms with Crippen LogP contribution >= 0.6 is 0 Å². The molecule has 1 saturated carbocycles. The Balaban J connectivity index is 1.56. The smallest absolute Gasteiger partial charge is 0.251 e. The molecule has 0 radical (unpaired) electrons. The van der Waals surface area contributed by atoms with Crippen molar-refractivity contribution in [3.63, 3.8) is 0 Å². The molecule has 184 valence electrons. The normalized spacial score (nSPS) is 18.5. The molecule has 1 aliphatic heterocycles. The summed E-state index contributed by atoms with van der Waals surface area (Å²) in [6.07, 6.45) is 3.66. The standard InChI is InChI=1S/C25H33N3O5S/c1-32-23-12-11-20(17-24(23)34(30,31)27-21-9-5-6-10-21)25(29)26-22(19-7-3-2-4-8-19)18-28-13-15-33-16-14-28/h2-4,7-8,11-12,17,21-22,27H,5-6,9-10,13-16,18H2,1H3,(H,26,29)/t22-/m0/s1. The summed E-state index contributed by atoms with van der Waals surface area (Å²) in [5.41, 5.74) is 1.27. The fraction of sp³-hybridized carbons (Fsp3) is 0.480. The van der Waals surface area contributed by atoms with Crippen LogP contribution in [0.2, 0.25) is 0 Å². The molecule has 1 atom stereocenters. The summed E-state index contributed by atoms with van der Waals surface area (Å²) >= 11 is 0. The van der Waals surface area contributed by atoms with E-state index in [0.29, 0.717) is 19.8 Å². The molecule has 1 amide bonds. The van der Waals surface area contributed by atoms with E-state index in [9.17, 15) is 13.2 Å². The van der Waals surface area contributed by atoms with Gasteiger partial charge < -0.3 is 14.8 Å². The predicted molar refractivity (Wildman–Crippen MR) is 129 cm³/mol. The summed E-state index contributed by atoms with van der Waals surface area (Å²) < 4.78 is 39.8. The quantitative estimate of drug-likeness (QED) is 0.565. The molecule has 1 saturated heterocycles. The number of ether oxygens (including phenoxy) is 2. The zero-order valence-electron chi connectivity index (χ0n) is 19.5. The fourth-order valence-corrected chi connectivity index (χ4v) is 6.06. The lowest BCUT2D eigenvalue weighted by atomic mass is 10.1. The van der Waals surface area contributed by atoms with Crippen molar-refractivity contribution >= 4 is 15.9 Å². The van der Waals surface area contributed by atoms with Crippen LogP contribution in [0.15, 0.2) is 53.4 Å². The summed E-state index contributed by atoms with van der Waals surface area (Å²) in [6.45, 7) is 3.59. The molecule has 9 heteroatoms. The van der Waals surface area contributed by atoms with Crippen LogP contribution in [0.4, 0.5) is 0 Å². The molecule has 0 unspecified atom stereocenters. The van der Waals surface area contributed by atoms with Gasteiger partial charge in [-0.05, 0) is 36.6 Å². The van der Waals surface area contributed by atoms with Gasteiger partial charge >= 0.3 is 0 Å². The topological polar surface area (TPSA) is 97.0 Å². The van der Waals surface area contributed by atoms with Gasteiger partial charge in [-0.25, -0.2) is 13.1 Å². The summed E-state index contributed by atoms with van der Waals surface area (Å²) in [4.78, 5) is 15.5. The van der Waals surface area contributed by atoms with Crippen LogP contribution in [0.5, 0.6) is 5.75 Å². The van der Waals surface area contributed by atoms with Crippen molar-refractivity contribution in [2.75, 3.05) is 40.0 Å². The zero-order chi connectivity index (χ0) is 24.0. The van der Waals surface area contributed by atoms with Gasteiger partial charge in [0.05, 0.1) is 26.4 Å². The van der Waals surface area contributed by atoms with Crippen molar-refractivity contribution < 1.29 is 22.7 Å². The van der Waals surface area contributed by atoms with E-state index in [-0.39, 0.29) is 34.2 Å². The lowest BCUT2D eigenvalue weighted by Gasteiger charge is -2.31. The molecule has 4 rings (SSSR count). The molecule has 0 bridgehead atoms. The number of nitrogens with zero attached hydrogens (tertiary/aromatic N) is 1. The second-order valence-corrected chi connectivity index (χ2v) is 10.5. The zero-order valence-corrected chi connectivity index (χ0v) is 20.4. The third-order valence-corrected chi connectivity index (χ3v) is 7.99. The minimum atomic E-state index is -3.82. The number of carbonyl (C=O) groups excluding carboxylic acids is 1. The number of morpholine rings is 1. The Kier molecular flexibility index (Phi) is 8.20. The molecule has 2 N–H and O–H groups in total. The maximum atomic E-state index is 13.3. The number of amides is 1. The third kappa shape index (κ3) is 6.15. The first-order valence-corrected chi connectivity index (χ1v) is 13.3. The van der Waals surface area contributed by atoms with E-state index >= 15 is 0 Å². The van der Waals surface area contributed by atoms with Crippen LogP contribution in [0.1, 0.15) is 47.6 Å². The van der Waals surface area contributed by atoms with Gasteiger partial charge in [0.15, 0.2) is 0 Å². The molecule has 2 aromatic rings. The van der Waals surface area contributed by atoms with Gasteiger partial charge in [0.1, 0.15) is 10.6 Å². The van der Waals surface area contributed by atoms with Gasteiger partial charge in [0.2, 0.25) is 10.0 Å². The van der Waals surface area contributed by atoms with E-state index in [1.807, 2.05) is 30.3 Å². The Morgan fingerprint density at radius 1 is 1.12 bits per heavy atom. The number of rotatable bonds is 9. The average Bonchev–Trinajstić information content (AvgIpc) is 3.36. The molecule has 34 heavy (non-hydrogen) atoms. The van der Waals surface area contributed by atoms with Crippen molar-refractivity contribution in [3.05, 3.63) is 59.7 Å². The van der Waals surface area contributed by atoms with Crippen molar-refractivity contribution in [2.45, 2.75) is 42.7 Å². The SMILES string of the molecule is COc1ccc(C(=O)N[C@@H](CN2CCOCC2)c2ccccc2)cc1S(=O)(=O)NC1CCCC1. The Morgan fingerprint density at radius 3 is 2.50 bits per heavy atom. The van der Waals surface area contributed by atoms with Crippen LogP contribution in [-0.2, 0) is 14.8 Å². The van der Waals surface area contributed by atoms with E-state index < -0.39 is 10.0 Å². The van der Waals surface area contributed by atoms with Crippen LogP contribution in [-0.4, -0.2) is 65.2 Å². The molecular formula is C25H33N3O5S. The summed E-state index contributed by atoms with van der Waals surface area (Å²) in [5, 5.41) is 3.11. The number of hydrogen-bond donors (Lipinski definition) is 2. The van der Waals surface area contributed by atoms with E-state index in [2.05, 4.69) is 14.9 Å². The number of sulfonamides is 1. The van der Waals surface area contributed by atoms with Gasteiger partial charge in [-0.1, -0.05) is 43.2 Å². The van der Waals surface area contributed by atoms with Crippen LogP contribution in [0.25, 0.3) is 0 Å². The van der Waals surface area contributed by atoms with E-state index in [4.69, 9.17) is 9.47 Å². The van der Waals surface area contributed by atoms with Gasteiger partial charge in [-0.15, -0.1) is 0 Å². The average molecular weight is 488 g/mol. The number of carbonyl (C=O) groups is 1. The maximum absolute atomic E-state index is 13.3. The molecule has 0 spiro atoms. The summed E-state index contributed by atoms with van der Waals surface area (Å²) in [7, 11) is -2.39.